The lowest BCUT2D eigenvalue weighted by atomic mass is 10.1. The zero-order chi connectivity index (χ0) is 9.97. The molecule has 2 N–H and O–H groups in total. The summed E-state index contributed by atoms with van der Waals surface area (Å²) in [6.07, 6.45) is 5.02. The molecular formula is C10H17N3O. The van der Waals surface area contributed by atoms with Crippen LogP contribution in [0.4, 0.5) is 0 Å². The standard InChI is InChI=1S/C10H17N3O/c1-8(11)10-4-12-13(6-10)5-9-2-3-14-7-9/h4,6,8-9H,2-3,5,7,11H2,1H3/t8-,9-/m0/s1. The van der Waals surface area contributed by atoms with E-state index < -0.39 is 0 Å². The number of hydrogen-bond donors (Lipinski definition) is 1. The maximum atomic E-state index is 5.76. The highest BCUT2D eigenvalue weighted by Gasteiger charge is 2.16. The molecule has 4 nitrogen and oxygen atoms in total. The molecule has 1 aliphatic heterocycles. The van der Waals surface area contributed by atoms with Gasteiger partial charge in [-0.2, -0.15) is 5.10 Å². The van der Waals surface area contributed by atoms with Crippen molar-refractivity contribution in [3.8, 4) is 0 Å². The van der Waals surface area contributed by atoms with Crippen LogP contribution in [0.25, 0.3) is 0 Å². The highest BCUT2D eigenvalue weighted by Crippen LogP contribution is 2.15. The summed E-state index contributed by atoms with van der Waals surface area (Å²) in [4.78, 5) is 0. The van der Waals surface area contributed by atoms with Crippen molar-refractivity contribution in [3.63, 3.8) is 0 Å². The lowest BCUT2D eigenvalue weighted by Crippen LogP contribution is -2.11. The summed E-state index contributed by atoms with van der Waals surface area (Å²) in [5, 5.41) is 4.28. The predicted molar refractivity (Wildman–Crippen MR) is 53.8 cm³/mol. The van der Waals surface area contributed by atoms with E-state index in [0.717, 1.165) is 31.7 Å². The first-order valence-electron chi connectivity index (χ1n) is 5.11. The molecule has 78 valence electrons. The van der Waals surface area contributed by atoms with Gasteiger partial charge in [0.05, 0.1) is 12.8 Å². The molecule has 2 heterocycles. The van der Waals surface area contributed by atoms with E-state index >= 15 is 0 Å². The van der Waals surface area contributed by atoms with Crippen LogP contribution in [0.2, 0.25) is 0 Å². The Bertz CT molecular complexity index is 289. The van der Waals surface area contributed by atoms with Gasteiger partial charge in [-0.25, -0.2) is 0 Å². The maximum Gasteiger partial charge on any atom is 0.0537 e. The van der Waals surface area contributed by atoms with Crippen molar-refractivity contribution in [1.82, 2.24) is 9.78 Å². The van der Waals surface area contributed by atoms with Crippen molar-refractivity contribution < 1.29 is 4.74 Å². The summed E-state index contributed by atoms with van der Waals surface area (Å²) in [5.74, 6) is 0.621. The molecule has 4 heteroatoms. The molecule has 1 fully saturated rings. The average Bonchev–Trinajstić information content (AvgIpc) is 2.75. The van der Waals surface area contributed by atoms with Gasteiger partial charge in [0.15, 0.2) is 0 Å². The first-order chi connectivity index (χ1) is 6.75. The summed E-state index contributed by atoms with van der Waals surface area (Å²) in [7, 11) is 0. The van der Waals surface area contributed by atoms with E-state index in [0.29, 0.717) is 5.92 Å². The third-order valence-corrected chi connectivity index (χ3v) is 2.65. The number of nitrogens with two attached hydrogens (primary N) is 1. The molecule has 1 aromatic heterocycles. The number of hydrogen-bond acceptors (Lipinski definition) is 3. The Labute approximate surface area is 84.0 Å². The summed E-state index contributed by atoms with van der Waals surface area (Å²) in [6, 6.07) is 0.0728. The van der Waals surface area contributed by atoms with E-state index in [4.69, 9.17) is 10.5 Å². The smallest absolute Gasteiger partial charge is 0.0537 e. The number of nitrogens with zero attached hydrogens (tertiary/aromatic N) is 2. The van der Waals surface area contributed by atoms with Gasteiger partial charge in [0.2, 0.25) is 0 Å². The van der Waals surface area contributed by atoms with Gasteiger partial charge in [-0.05, 0) is 13.3 Å². The Kier molecular flexibility index (Phi) is 2.84. The van der Waals surface area contributed by atoms with Crippen LogP contribution in [0.3, 0.4) is 0 Å². The average molecular weight is 195 g/mol. The highest BCUT2D eigenvalue weighted by molar-refractivity contribution is 5.08. The van der Waals surface area contributed by atoms with Gasteiger partial charge >= 0.3 is 0 Å². The van der Waals surface area contributed by atoms with Gasteiger partial charge < -0.3 is 10.5 Å². The maximum absolute atomic E-state index is 5.76. The second kappa shape index (κ2) is 4.11. The predicted octanol–water partition coefficient (Wildman–Crippen LogP) is 0.939. The molecule has 2 atom stereocenters. The van der Waals surface area contributed by atoms with Crippen LogP contribution >= 0.6 is 0 Å². The van der Waals surface area contributed by atoms with Crippen LogP contribution < -0.4 is 5.73 Å². The quantitative estimate of drug-likeness (QED) is 0.781. The molecule has 0 bridgehead atoms. The zero-order valence-corrected chi connectivity index (χ0v) is 8.52. The Morgan fingerprint density at radius 1 is 1.79 bits per heavy atom. The van der Waals surface area contributed by atoms with Gasteiger partial charge in [0.25, 0.3) is 0 Å². The third-order valence-electron chi connectivity index (χ3n) is 2.65. The second-order valence-corrected chi connectivity index (χ2v) is 4.01. The minimum Gasteiger partial charge on any atom is -0.381 e. The second-order valence-electron chi connectivity index (χ2n) is 4.01. The Morgan fingerprint density at radius 2 is 2.64 bits per heavy atom. The van der Waals surface area contributed by atoms with Gasteiger partial charge in [0.1, 0.15) is 0 Å². The van der Waals surface area contributed by atoms with Crippen molar-refractivity contribution in [3.05, 3.63) is 18.0 Å². The van der Waals surface area contributed by atoms with Crippen LogP contribution in [0.5, 0.6) is 0 Å². The largest absolute Gasteiger partial charge is 0.381 e. The summed E-state index contributed by atoms with van der Waals surface area (Å²) in [5.41, 5.74) is 6.86. The molecule has 0 amide bonds. The van der Waals surface area contributed by atoms with Crippen molar-refractivity contribution >= 4 is 0 Å². The lowest BCUT2D eigenvalue weighted by Gasteiger charge is -2.06. The van der Waals surface area contributed by atoms with Crippen molar-refractivity contribution in [1.29, 1.82) is 0 Å². The topological polar surface area (TPSA) is 53.1 Å². The molecule has 0 aliphatic carbocycles. The molecule has 0 spiro atoms. The molecule has 2 rings (SSSR count). The fourth-order valence-electron chi connectivity index (χ4n) is 1.71. The number of rotatable bonds is 3. The molecule has 0 radical (unpaired) electrons. The van der Waals surface area contributed by atoms with Crippen molar-refractivity contribution in [2.75, 3.05) is 13.2 Å². The van der Waals surface area contributed by atoms with Gasteiger partial charge in [-0.15, -0.1) is 0 Å². The van der Waals surface area contributed by atoms with Gasteiger partial charge in [0, 0.05) is 36.9 Å². The third kappa shape index (κ3) is 2.13. The Hall–Kier alpha value is -0.870. The normalized spacial score (nSPS) is 24.0. The molecule has 0 unspecified atom stereocenters. The summed E-state index contributed by atoms with van der Waals surface area (Å²) < 4.78 is 7.29. The van der Waals surface area contributed by atoms with E-state index in [9.17, 15) is 0 Å². The fraction of sp³-hybridized carbons (Fsp3) is 0.700. The van der Waals surface area contributed by atoms with Crippen molar-refractivity contribution in [2.24, 2.45) is 11.7 Å². The zero-order valence-electron chi connectivity index (χ0n) is 8.52. The molecule has 14 heavy (non-hydrogen) atoms. The van der Waals surface area contributed by atoms with E-state index in [1.54, 1.807) is 0 Å². The van der Waals surface area contributed by atoms with E-state index in [2.05, 4.69) is 5.10 Å². The molecule has 1 saturated heterocycles. The molecule has 1 aliphatic rings. The van der Waals surface area contributed by atoms with Crippen LogP contribution in [-0.4, -0.2) is 23.0 Å². The minimum atomic E-state index is 0.0728. The lowest BCUT2D eigenvalue weighted by molar-refractivity contribution is 0.181. The van der Waals surface area contributed by atoms with Crippen LogP contribution in [0.15, 0.2) is 12.4 Å². The summed E-state index contributed by atoms with van der Waals surface area (Å²) >= 11 is 0. The highest BCUT2D eigenvalue weighted by atomic mass is 16.5. The van der Waals surface area contributed by atoms with Crippen molar-refractivity contribution in [2.45, 2.75) is 25.9 Å². The molecule has 0 saturated carbocycles. The monoisotopic (exact) mass is 195 g/mol. The van der Waals surface area contributed by atoms with Gasteiger partial charge in [-0.1, -0.05) is 0 Å². The first-order valence-corrected chi connectivity index (χ1v) is 5.11. The number of aromatic nitrogens is 2. The number of ether oxygens (including phenoxy) is 1. The van der Waals surface area contributed by atoms with E-state index in [1.807, 2.05) is 24.0 Å². The molecule has 0 aromatic carbocycles. The summed E-state index contributed by atoms with van der Waals surface area (Å²) in [6.45, 7) is 4.69. The van der Waals surface area contributed by atoms with E-state index in [-0.39, 0.29) is 6.04 Å². The Morgan fingerprint density at radius 3 is 3.21 bits per heavy atom. The van der Waals surface area contributed by atoms with Crippen LogP contribution in [0, 0.1) is 5.92 Å². The first kappa shape index (κ1) is 9.68. The van der Waals surface area contributed by atoms with Gasteiger partial charge in [-0.3, -0.25) is 4.68 Å². The molecule has 1 aromatic rings. The van der Waals surface area contributed by atoms with Crippen LogP contribution in [-0.2, 0) is 11.3 Å². The van der Waals surface area contributed by atoms with E-state index in [1.165, 1.54) is 0 Å². The SMILES string of the molecule is C[C@H](N)c1cnn(C[C@@H]2CCOC2)c1. The minimum absolute atomic E-state index is 0.0728. The van der Waals surface area contributed by atoms with Crippen LogP contribution in [0.1, 0.15) is 24.9 Å². The molecular weight excluding hydrogens is 178 g/mol. The fourth-order valence-corrected chi connectivity index (χ4v) is 1.71. The Balaban J connectivity index is 1.95.